The number of ketones is 1. The van der Waals surface area contributed by atoms with Crippen molar-refractivity contribution >= 4 is 22.1 Å². The van der Waals surface area contributed by atoms with E-state index in [2.05, 4.69) is 6.92 Å². The maximum atomic E-state index is 12.7. The number of rotatable bonds is 11. The van der Waals surface area contributed by atoms with Crippen molar-refractivity contribution in [1.29, 1.82) is 0 Å². The molecule has 0 saturated carbocycles. The third-order valence-electron chi connectivity index (χ3n) is 4.72. The second-order valence-corrected chi connectivity index (χ2v) is 8.03. The molecule has 136 valence electrons. The quantitative estimate of drug-likeness (QED) is 0.366. The number of hydrogen-bond donors (Lipinski definition) is 1. The van der Waals surface area contributed by atoms with Gasteiger partial charge in [0.25, 0.3) is 0 Å². The number of carbonyl (C=O) groups excluding carboxylic acids is 1. The first-order chi connectivity index (χ1) is 12.1. The SMILES string of the molecule is CCCCCCCCCCc1cc(C(=O)c2ccccc2C)c(N)s1. The van der Waals surface area contributed by atoms with E-state index in [0.717, 1.165) is 17.5 Å². The van der Waals surface area contributed by atoms with Crippen LogP contribution in [0.4, 0.5) is 5.00 Å². The minimum absolute atomic E-state index is 0.0500. The number of anilines is 1. The lowest BCUT2D eigenvalue weighted by Crippen LogP contribution is -2.04. The zero-order valence-corrected chi connectivity index (χ0v) is 16.5. The average Bonchev–Trinajstić information content (AvgIpc) is 2.98. The molecule has 0 aliphatic heterocycles. The summed E-state index contributed by atoms with van der Waals surface area (Å²) in [7, 11) is 0. The number of nitrogens with two attached hydrogens (primary N) is 1. The van der Waals surface area contributed by atoms with Crippen LogP contribution in [0.25, 0.3) is 0 Å². The molecular formula is C22H31NOS. The van der Waals surface area contributed by atoms with Crippen LogP contribution < -0.4 is 5.73 Å². The number of carbonyl (C=O) groups is 1. The van der Waals surface area contributed by atoms with E-state index in [4.69, 9.17) is 5.73 Å². The second kappa shape index (κ2) is 10.4. The van der Waals surface area contributed by atoms with E-state index in [9.17, 15) is 4.79 Å². The number of unbranched alkanes of at least 4 members (excludes halogenated alkanes) is 7. The summed E-state index contributed by atoms with van der Waals surface area (Å²) < 4.78 is 0. The normalized spacial score (nSPS) is 11.0. The van der Waals surface area contributed by atoms with Crippen molar-refractivity contribution in [2.75, 3.05) is 5.73 Å². The fourth-order valence-electron chi connectivity index (χ4n) is 3.16. The van der Waals surface area contributed by atoms with E-state index in [1.165, 1.54) is 56.2 Å². The van der Waals surface area contributed by atoms with Gasteiger partial charge in [-0.15, -0.1) is 11.3 Å². The molecule has 0 radical (unpaired) electrons. The summed E-state index contributed by atoms with van der Waals surface area (Å²) in [6.07, 6.45) is 11.6. The molecular weight excluding hydrogens is 326 g/mol. The van der Waals surface area contributed by atoms with E-state index in [-0.39, 0.29) is 5.78 Å². The summed E-state index contributed by atoms with van der Waals surface area (Å²) in [6.45, 7) is 4.22. The predicted molar refractivity (Wildman–Crippen MR) is 110 cm³/mol. The third-order valence-corrected chi connectivity index (χ3v) is 5.75. The van der Waals surface area contributed by atoms with E-state index < -0.39 is 0 Å². The summed E-state index contributed by atoms with van der Waals surface area (Å²) in [5.41, 5.74) is 8.56. The van der Waals surface area contributed by atoms with Crippen molar-refractivity contribution in [1.82, 2.24) is 0 Å². The molecule has 0 amide bonds. The molecule has 1 aromatic heterocycles. The van der Waals surface area contributed by atoms with Gasteiger partial charge in [-0.1, -0.05) is 76.1 Å². The topological polar surface area (TPSA) is 43.1 Å². The first-order valence-electron chi connectivity index (χ1n) is 9.62. The van der Waals surface area contributed by atoms with Crippen LogP contribution in [0.5, 0.6) is 0 Å². The van der Waals surface area contributed by atoms with E-state index >= 15 is 0 Å². The average molecular weight is 358 g/mol. The molecule has 2 N–H and O–H groups in total. The molecule has 1 aromatic carbocycles. The Kier molecular flexibility index (Phi) is 8.20. The zero-order chi connectivity index (χ0) is 18.1. The molecule has 2 nitrogen and oxygen atoms in total. The number of hydrogen-bond acceptors (Lipinski definition) is 3. The molecule has 3 heteroatoms. The number of benzene rings is 1. The van der Waals surface area contributed by atoms with E-state index in [0.29, 0.717) is 10.6 Å². The van der Waals surface area contributed by atoms with Crippen LogP contribution in [0.3, 0.4) is 0 Å². The van der Waals surface area contributed by atoms with Crippen LogP contribution in [0.1, 0.15) is 84.7 Å². The Morgan fingerprint density at radius 1 is 0.960 bits per heavy atom. The van der Waals surface area contributed by atoms with Gasteiger partial charge >= 0.3 is 0 Å². The van der Waals surface area contributed by atoms with Gasteiger partial charge in [-0.3, -0.25) is 4.79 Å². The van der Waals surface area contributed by atoms with Gasteiger partial charge in [-0.2, -0.15) is 0 Å². The molecule has 0 fully saturated rings. The first-order valence-corrected chi connectivity index (χ1v) is 10.4. The minimum atomic E-state index is 0.0500. The Hall–Kier alpha value is -1.61. The standard InChI is InChI=1S/C22H31NOS/c1-3-4-5-6-7-8-9-10-14-18-16-20(22(23)25-18)21(24)19-15-12-11-13-17(19)2/h11-13,15-16H,3-10,14,23H2,1-2H3. The largest absolute Gasteiger partial charge is 0.390 e. The molecule has 0 saturated heterocycles. The van der Waals surface area contributed by atoms with Crippen LogP contribution in [-0.4, -0.2) is 5.78 Å². The van der Waals surface area contributed by atoms with Crippen LogP contribution in [0, 0.1) is 6.92 Å². The lowest BCUT2D eigenvalue weighted by Gasteiger charge is -2.03. The molecule has 0 bridgehead atoms. The first kappa shape index (κ1) is 19.7. The summed E-state index contributed by atoms with van der Waals surface area (Å²) in [4.78, 5) is 14.0. The van der Waals surface area contributed by atoms with Gasteiger partial charge in [0.1, 0.15) is 0 Å². The van der Waals surface area contributed by atoms with E-state index in [1.807, 2.05) is 37.3 Å². The molecule has 0 atom stereocenters. The monoisotopic (exact) mass is 357 g/mol. The maximum Gasteiger partial charge on any atom is 0.196 e. The summed E-state index contributed by atoms with van der Waals surface area (Å²) >= 11 is 1.58. The minimum Gasteiger partial charge on any atom is -0.390 e. The molecule has 0 aliphatic rings. The smallest absolute Gasteiger partial charge is 0.196 e. The fourth-order valence-corrected chi connectivity index (χ4v) is 4.13. The Bertz CT molecular complexity index is 674. The number of nitrogen functional groups attached to an aromatic ring is 1. The van der Waals surface area contributed by atoms with Gasteiger partial charge in [0.15, 0.2) is 5.78 Å². The molecule has 1 heterocycles. The van der Waals surface area contributed by atoms with Crippen LogP contribution in [-0.2, 0) is 6.42 Å². The van der Waals surface area contributed by atoms with Gasteiger partial charge < -0.3 is 5.73 Å². The molecule has 2 rings (SSSR count). The molecule has 0 aliphatic carbocycles. The molecule has 0 unspecified atom stereocenters. The Morgan fingerprint density at radius 2 is 1.60 bits per heavy atom. The van der Waals surface area contributed by atoms with E-state index in [1.54, 1.807) is 11.3 Å². The fraction of sp³-hybridized carbons (Fsp3) is 0.500. The van der Waals surface area contributed by atoms with Crippen LogP contribution in [0.2, 0.25) is 0 Å². The summed E-state index contributed by atoms with van der Waals surface area (Å²) in [6, 6.07) is 9.72. The van der Waals surface area contributed by atoms with Crippen molar-refractivity contribution in [3.05, 3.63) is 51.9 Å². The number of thiophene rings is 1. The lowest BCUT2D eigenvalue weighted by molar-refractivity contribution is 0.103. The Morgan fingerprint density at radius 3 is 2.28 bits per heavy atom. The van der Waals surface area contributed by atoms with Crippen molar-refractivity contribution < 1.29 is 4.79 Å². The highest BCUT2D eigenvalue weighted by Crippen LogP contribution is 2.29. The molecule has 0 spiro atoms. The zero-order valence-electron chi connectivity index (χ0n) is 15.6. The third kappa shape index (κ3) is 6.00. The lowest BCUT2D eigenvalue weighted by atomic mass is 10.00. The summed E-state index contributed by atoms with van der Waals surface area (Å²) in [5.74, 6) is 0.0500. The molecule has 25 heavy (non-hydrogen) atoms. The van der Waals surface area contributed by atoms with Gasteiger partial charge in [0, 0.05) is 10.4 Å². The van der Waals surface area contributed by atoms with Crippen molar-refractivity contribution in [3.8, 4) is 0 Å². The van der Waals surface area contributed by atoms with Gasteiger partial charge in [0.05, 0.1) is 10.6 Å². The Balaban J connectivity index is 1.82. The maximum absolute atomic E-state index is 12.7. The summed E-state index contributed by atoms with van der Waals surface area (Å²) in [5, 5.41) is 0.655. The highest BCUT2D eigenvalue weighted by molar-refractivity contribution is 7.16. The predicted octanol–water partition coefficient (Wildman–Crippen LogP) is 6.55. The highest BCUT2D eigenvalue weighted by Gasteiger charge is 2.17. The van der Waals surface area contributed by atoms with Crippen LogP contribution >= 0.6 is 11.3 Å². The van der Waals surface area contributed by atoms with Crippen molar-refractivity contribution in [2.45, 2.75) is 71.6 Å². The van der Waals surface area contributed by atoms with Crippen LogP contribution in [0.15, 0.2) is 30.3 Å². The van der Waals surface area contributed by atoms with Gasteiger partial charge in [-0.25, -0.2) is 0 Å². The highest BCUT2D eigenvalue weighted by atomic mass is 32.1. The second-order valence-electron chi connectivity index (χ2n) is 6.86. The Labute approximate surface area is 156 Å². The van der Waals surface area contributed by atoms with Gasteiger partial charge in [-0.05, 0) is 31.4 Å². The van der Waals surface area contributed by atoms with Gasteiger partial charge in [0.2, 0.25) is 0 Å². The van der Waals surface area contributed by atoms with Crippen molar-refractivity contribution in [2.24, 2.45) is 0 Å². The number of aryl methyl sites for hydroxylation is 2. The van der Waals surface area contributed by atoms with Crippen molar-refractivity contribution in [3.63, 3.8) is 0 Å². The molecule has 2 aromatic rings.